The number of rotatable bonds is 9. The van der Waals surface area contributed by atoms with Crippen molar-refractivity contribution < 1.29 is 24.7 Å². The summed E-state index contributed by atoms with van der Waals surface area (Å²) in [5.41, 5.74) is -0.148. The molecule has 31 heavy (non-hydrogen) atoms. The van der Waals surface area contributed by atoms with Crippen LogP contribution < -0.4 is 0 Å². The first-order valence-corrected chi connectivity index (χ1v) is 10.6. The Hall–Kier alpha value is -2.68. The van der Waals surface area contributed by atoms with Crippen molar-refractivity contribution in [2.45, 2.75) is 43.5 Å². The van der Waals surface area contributed by atoms with E-state index in [1.807, 2.05) is 18.2 Å². The molecule has 0 spiro atoms. The molecule has 0 aliphatic carbocycles. The van der Waals surface area contributed by atoms with Gasteiger partial charge in [-0.2, -0.15) is 12.6 Å². The number of aliphatic hydroxyl groups excluding tert-OH is 2. The van der Waals surface area contributed by atoms with E-state index in [1.165, 1.54) is 12.1 Å². The number of nitro benzene ring substituents is 1. The number of benzene rings is 2. The van der Waals surface area contributed by atoms with E-state index in [1.54, 1.807) is 37.3 Å². The topological polar surface area (TPSA) is 110 Å². The van der Waals surface area contributed by atoms with Gasteiger partial charge in [0.25, 0.3) is 5.69 Å². The predicted octanol–water partition coefficient (Wildman–Crippen LogP) is 3.51. The fourth-order valence-electron chi connectivity index (χ4n) is 3.82. The summed E-state index contributed by atoms with van der Waals surface area (Å²) in [6, 6.07) is 15.4. The molecular weight excluding hydrogens is 418 g/mol. The molecule has 2 unspecified atom stereocenters. The summed E-state index contributed by atoms with van der Waals surface area (Å²) in [7, 11) is 0. The second-order valence-electron chi connectivity index (χ2n) is 7.75. The molecule has 1 aliphatic heterocycles. The lowest BCUT2D eigenvalue weighted by molar-refractivity contribution is -0.385. The minimum Gasteiger partial charge on any atom is -0.479 e. The number of hydrogen-bond acceptors (Lipinski definition) is 7. The average Bonchev–Trinajstić information content (AvgIpc) is 3.07. The van der Waals surface area contributed by atoms with Gasteiger partial charge in [0.1, 0.15) is 5.76 Å². The number of carbonyl (C=O) groups is 1. The van der Waals surface area contributed by atoms with Crippen molar-refractivity contribution in [2.75, 3.05) is 5.75 Å². The third-order valence-electron chi connectivity index (χ3n) is 5.60. The first kappa shape index (κ1) is 23.0. The molecule has 0 amide bonds. The molecule has 4 atom stereocenters. The van der Waals surface area contributed by atoms with Crippen molar-refractivity contribution in [1.29, 1.82) is 0 Å². The van der Waals surface area contributed by atoms with Crippen LogP contribution in [0, 0.1) is 10.1 Å². The predicted molar refractivity (Wildman–Crippen MR) is 119 cm³/mol. The van der Waals surface area contributed by atoms with E-state index in [0.717, 1.165) is 0 Å². The number of aliphatic hydroxyl groups is 2. The van der Waals surface area contributed by atoms with Gasteiger partial charge in [0.2, 0.25) is 5.78 Å². The molecular formula is C23H25NO6S. The summed E-state index contributed by atoms with van der Waals surface area (Å²) in [6.07, 6.45) is -0.599. The van der Waals surface area contributed by atoms with Crippen LogP contribution >= 0.6 is 12.6 Å². The Kier molecular flexibility index (Phi) is 7.15. The van der Waals surface area contributed by atoms with Gasteiger partial charge in [0, 0.05) is 41.4 Å². The van der Waals surface area contributed by atoms with E-state index in [0.29, 0.717) is 16.9 Å². The van der Waals surface area contributed by atoms with E-state index in [2.05, 4.69) is 12.6 Å². The van der Waals surface area contributed by atoms with Gasteiger partial charge in [-0.15, -0.1) is 0 Å². The van der Waals surface area contributed by atoms with Gasteiger partial charge in [0.15, 0.2) is 5.60 Å². The van der Waals surface area contributed by atoms with Crippen LogP contribution in [0.5, 0.6) is 0 Å². The van der Waals surface area contributed by atoms with Gasteiger partial charge >= 0.3 is 0 Å². The summed E-state index contributed by atoms with van der Waals surface area (Å²) in [4.78, 5) is 23.8. The lowest BCUT2D eigenvalue weighted by Crippen LogP contribution is -2.30. The molecule has 2 aromatic carbocycles. The van der Waals surface area contributed by atoms with Crippen molar-refractivity contribution in [2.24, 2.45) is 0 Å². The monoisotopic (exact) mass is 443 g/mol. The SMILES string of the molecule is CC1(c2ccccc2)OC(CC(C[C@H](O)[C@@H](O)CS)c2ccccc2[N+](=O)[O-])=CC1=O. The number of allylic oxidation sites excluding steroid dienone is 1. The number of nitrogens with zero attached hydrogens (tertiary/aromatic N) is 1. The van der Waals surface area contributed by atoms with Crippen molar-refractivity contribution in [1.82, 2.24) is 0 Å². The quantitative estimate of drug-likeness (QED) is 0.311. The highest BCUT2D eigenvalue weighted by atomic mass is 32.1. The minimum atomic E-state index is -1.17. The Morgan fingerprint density at radius 3 is 2.39 bits per heavy atom. The Morgan fingerprint density at radius 2 is 1.74 bits per heavy atom. The standard InChI is InChI=1S/C23H25NO6S/c1-23(16-7-3-2-4-8-16)22(27)13-17(30-23)11-15(12-20(25)21(26)14-31)18-9-5-6-10-19(18)24(28)29/h2-10,13,15,20-21,25-26,31H,11-12,14H2,1H3/t15?,20-,21-,23?/m0/s1. The zero-order valence-corrected chi connectivity index (χ0v) is 17.9. The maximum atomic E-state index is 12.8. The number of hydrogen-bond donors (Lipinski definition) is 3. The zero-order chi connectivity index (χ0) is 22.6. The Balaban J connectivity index is 1.90. The third kappa shape index (κ3) is 4.98. The van der Waals surface area contributed by atoms with Crippen LogP contribution in [0.1, 0.15) is 36.8 Å². The largest absolute Gasteiger partial charge is 0.479 e. The van der Waals surface area contributed by atoms with Gasteiger partial charge in [-0.1, -0.05) is 48.5 Å². The number of carbonyl (C=O) groups excluding carboxylic acids is 1. The van der Waals surface area contributed by atoms with Gasteiger partial charge in [-0.05, 0) is 13.3 Å². The smallest absolute Gasteiger partial charge is 0.272 e. The second kappa shape index (κ2) is 9.64. The second-order valence-corrected chi connectivity index (χ2v) is 8.11. The number of ether oxygens (including phenoxy) is 1. The molecule has 1 heterocycles. The molecule has 0 saturated carbocycles. The van der Waals surface area contributed by atoms with Crippen LogP contribution in [0.3, 0.4) is 0 Å². The molecule has 0 fully saturated rings. The van der Waals surface area contributed by atoms with E-state index < -0.39 is 28.7 Å². The molecule has 1 aliphatic rings. The minimum absolute atomic E-state index is 0.0452. The lowest BCUT2D eigenvalue weighted by atomic mass is 9.87. The molecule has 0 saturated heterocycles. The third-order valence-corrected chi connectivity index (χ3v) is 5.97. The first-order chi connectivity index (χ1) is 14.8. The normalized spacial score (nSPS) is 21.2. The molecule has 8 heteroatoms. The first-order valence-electron chi connectivity index (χ1n) is 9.96. The van der Waals surface area contributed by atoms with Crippen LogP contribution in [0.4, 0.5) is 5.69 Å². The number of para-hydroxylation sites is 1. The Morgan fingerprint density at radius 1 is 1.10 bits per heavy atom. The molecule has 0 radical (unpaired) electrons. The Labute approximate surface area is 185 Å². The zero-order valence-electron chi connectivity index (χ0n) is 17.0. The summed E-state index contributed by atoms with van der Waals surface area (Å²) in [6.45, 7) is 1.69. The van der Waals surface area contributed by atoms with Gasteiger partial charge < -0.3 is 14.9 Å². The molecule has 0 aromatic heterocycles. The van der Waals surface area contributed by atoms with E-state index in [-0.39, 0.29) is 30.1 Å². The molecule has 164 valence electrons. The average molecular weight is 444 g/mol. The van der Waals surface area contributed by atoms with Crippen molar-refractivity contribution in [3.05, 3.63) is 87.7 Å². The summed E-state index contributed by atoms with van der Waals surface area (Å²) >= 11 is 4.01. The van der Waals surface area contributed by atoms with Gasteiger partial charge in [-0.25, -0.2) is 0 Å². The highest BCUT2D eigenvalue weighted by Crippen LogP contribution is 2.41. The van der Waals surface area contributed by atoms with Crippen LogP contribution in [0.25, 0.3) is 0 Å². The van der Waals surface area contributed by atoms with Crippen LogP contribution in [0.15, 0.2) is 66.4 Å². The van der Waals surface area contributed by atoms with Crippen LogP contribution in [-0.4, -0.2) is 38.9 Å². The van der Waals surface area contributed by atoms with E-state index in [4.69, 9.17) is 4.74 Å². The van der Waals surface area contributed by atoms with Crippen molar-refractivity contribution in [3.8, 4) is 0 Å². The van der Waals surface area contributed by atoms with Crippen molar-refractivity contribution in [3.63, 3.8) is 0 Å². The molecule has 3 rings (SSSR count). The highest BCUT2D eigenvalue weighted by molar-refractivity contribution is 7.80. The molecule has 2 N–H and O–H groups in total. The fraction of sp³-hybridized carbons (Fsp3) is 0.348. The summed E-state index contributed by atoms with van der Waals surface area (Å²) in [5, 5.41) is 31.9. The molecule has 7 nitrogen and oxygen atoms in total. The highest BCUT2D eigenvalue weighted by Gasteiger charge is 2.42. The summed E-state index contributed by atoms with van der Waals surface area (Å²) < 4.78 is 6.05. The fourth-order valence-corrected chi connectivity index (χ4v) is 4.06. The number of ketones is 1. The van der Waals surface area contributed by atoms with Crippen molar-refractivity contribution >= 4 is 24.1 Å². The Bertz CT molecular complexity index is 979. The number of nitro groups is 1. The molecule has 2 aromatic rings. The van der Waals surface area contributed by atoms with E-state index in [9.17, 15) is 25.1 Å². The summed E-state index contributed by atoms with van der Waals surface area (Å²) in [5.74, 6) is -0.338. The maximum Gasteiger partial charge on any atom is 0.272 e. The van der Waals surface area contributed by atoms with Crippen LogP contribution in [0.2, 0.25) is 0 Å². The van der Waals surface area contributed by atoms with Gasteiger partial charge in [-0.3, -0.25) is 14.9 Å². The van der Waals surface area contributed by atoms with Gasteiger partial charge in [0.05, 0.1) is 17.1 Å². The molecule has 0 bridgehead atoms. The maximum absolute atomic E-state index is 12.8. The number of thiol groups is 1. The lowest BCUT2D eigenvalue weighted by Gasteiger charge is -2.27. The van der Waals surface area contributed by atoms with E-state index >= 15 is 0 Å². The van der Waals surface area contributed by atoms with Crippen LogP contribution in [-0.2, 0) is 15.1 Å².